The van der Waals surface area contributed by atoms with Crippen LogP contribution in [0.25, 0.3) is 0 Å². The monoisotopic (exact) mass is 217 g/mol. The normalized spacial score (nSPS) is 9.93. The van der Waals surface area contributed by atoms with Gasteiger partial charge in [0.05, 0.1) is 0 Å². The van der Waals surface area contributed by atoms with Crippen molar-refractivity contribution in [3.8, 4) is 0 Å². The van der Waals surface area contributed by atoms with Crippen molar-refractivity contribution in [1.29, 1.82) is 0 Å². The van der Waals surface area contributed by atoms with Crippen molar-refractivity contribution in [2.45, 2.75) is 59.4 Å². The maximum absolute atomic E-state index is 10.7. The predicted octanol–water partition coefficient (Wildman–Crippen LogP) is 2.18. The van der Waals surface area contributed by atoms with Gasteiger partial charge in [-0.25, -0.2) is 0 Å². The number of carboxylic acid groups (broad SMARTS) is 1. The van der Waals surface area contributed by atoms with Crippen LogP contribution in [0.2, 0.25) is 0 Å². The fourth-order valence-electron chi connectivity index (χ4n) is 1.22. The molecule has 0 aliphatic carbocycles. The summed E-state index contributed by atoms with van der Waals surface area (Å²) in [5.74, 6) is -0.876. The Morgan fingerprint density at radius 2 is 1.73 bits per heavy atom. The zero-order chi connectivity index (χ0) is 12.5. The Kier molecular flexibility index (Phi) is 9.02. The lowest BCUT2D eigenvalue weighted by Crippen LogP contribution is -2.42. The molecule has 90 valence electrons. The molecule has 2 N–H and O–H groups in total. The van der Waals surface area contributed by atoms with Crippen molar-refractivity contribution in [3.05, 3.63) is 0 Å². The van der Waals surface area contributed by atoms with Crippen molar-refractivity contribution in [1.82, 2.24) is 5.32 Å². The van der Waals surface area contributed by atoms with Gasteiger partial charge in [0.25, 0.3) is 0 Å². The van der Waals surface area contributed by atoms with Crippen molar-refractivity contribution in [3.63, 3.8) is 0 Å². The summed E-state index contributed by atoms with van der Waals surface area (Å²) in [5, 5.41) is 11.2. The molecule has 4 nitrogen and oxygen atoms in total. The standard InChI is InChI=1S/C9H17NO3.C2H6/c1-7(11)10-9(2,3)6-4-5-8(12)13;1-2/h4-6H2,1-3H3,(H,10,11)(H,12,13);1-2H3. The van der Waals surface area contributed by atoms with E-state index in [-0.39, 0.29) is 17.9 Å². The van der Waals surface area contributed by atoms with Crippen LogP contribution in [-0.2, 0) is 9.59 Å². The summed E-state index contributed by atoms with van der Waals surface area (Å²) in [6.45, 7) is 9.23. The van der Waals surface area contributed by atoms with Gasteiger partial charge in [0.2, 0.25) is 5.91 Å². The summed E-state index contributed by atoms with van der Waals surface area (Å²) < 4.78 is 0. The minimum atomic E-state index is -0.793. The van der Waals surface area contributed by atoms with Crippen molar-refractivity contribution in [2.24, 2.45) is 0 Å². The van der Waals surface area contributed by atoms with Gasteiger partial charge in [-0.15, -0.1) is 0 Å². The first-order chi connectivity index (χ1) is 6.83. The minimum Gasteiger partial charge on any atom is -0.481 e. The summed E-state index contributed by atoms with van der Waals surface area (Å²) in [5.41, 5.74) is -0.304. The maximum atomic E-state index is 10.7. The van der Waals surface area contributed by atoms with Crippen LogP contribution in [0.5, 0.6) is 0 Å². The number of aliphatic carboxylic acids is 1. The van der Waals surface area contributed by atoms with Crippen LogP contribution in [0.4, 0.5) is 0 Å². The maximum Gasteiger partial charge on any atom is 0.303 e. The minimum absolute atomic E-state index is 0.0830. The van der Waals surface area contributed by atoms with E-state index >= 15 is 0 Å². The highest BCUT2D eigenvalue weighted by Gasteiger charge is 2.18. The predicted molar refractivity (Wildman–Crippen MR) is 60.7 cm³/mol. The summed E-state index contributed by atoms with van der Waals surface area (Å²) in [7, 11) is 0. The largest absolute Gasteiger partial charge is 0.481 e. The summed E-state index contributed by atoms with van der Waals surface area (Å²) >= 11 is 0. The molecule has 15 heavy (non-hydrogen) atoms. The number of amides is 1. The Hall–Kier alpha value is -1.06. The average molecular weight is 217 g/mol. The molecule has 0 unspecified atom stereocenters. The van der Waals surface area contributed by atoms with Gasteiger partial charge in [0.15, 0.2) is 0 Å². The topological polar surface area (TPSA) is 66.4 Å². The van der Waals surface area contributed by atoms with Crippen LogP contribution < -0.4 is 5.32 Å². The highest BCUT2D eigenvalue weighted by Crippen LogP contribution is 2.12. The molecule has 0 fully saturated rings. The van der Waals surface area contributed by atoms with Crippen LogP contribution in [0.3, 0.4) is 0 Å². The average Bonchev–Trinajstić information content (AvgIpc) is 2.04. The van der Waals surface area contributed by atoms with Gasteiger partial charge < -0.3 is 10.4 Å². The molecule has 0 atom stereocenters. The Morgan fingerprint density at radius 1 is 1.27 bits per heavy atom. The number of hydrogen-bond acceptors (Lipinski definition) is 2. The second-order valence-corrected chi connectivity index (χ2v) is 3.81. The van der Waals surface area contributed by atoms with E-state index in [2.05, 4.69) is 5.32 Å². The van der Waals surface area contributed by atoms with E-state index in [1.54, 1.807) is 0 Å². The smallest absolute Gasteiger partial charge is 0.303 e. The van der Waals surface area contributed by atoms with E-state index in [1.807, 2.05) is 27.7 Å². The third-order valence-electron chi connectivity index (χ3n) is 1.71. The Labute approximate surface area is 92.1 Å². The molecular formula is C11H23NO3. The summed E-state index contributed by atoms with van der Waals surface area (Å²) in [6, 6.07) is 0. The van der Waals surface area contributed by atoms with Crippen molar-refractivity contribution >= 4 is 11.9 Å². The second kappa shape index (κ2) is 8.26. The number of nitrogens with one attached hydrogen (secondary N) is 1. The van der Waals surface area contributed by atoms with E-state index < -0.39 is 5.97 Å². The number of rotatable bonds is 5. The molecule has 0 heterocycles. The molecule has 0 spiro atoms. The quantitative estimate of drug-likeness (QED) is 0.741. The molecule has 0 saturated carbocycles. The van der Waals surface area contributed by atoms with Gasteiger partial charge in [0, 0.05) is 18.9 Å². The van der Waals surface area contributed by atoms with Gasteiger partial charge in [-0.3, -0.25) is 9.59 Å². The molecule has 0 bridgehead atoms. The molecule has 0 radical (unpaired) electrons. The Morgan fingerprint density at radius 3 is 2.07 bits per heavy atom. The molecule has 0 rings (SSSR count). The van der Waals surface area contributed by atoms with Crippen molar-refractivity contribution < 1.29 is 14.7 Å². The first-order valence-electron chi connectivity index (χ1n) is 5.34. The van der Waals surface area contributed by atoms with Gasteiger partial charge in [-0.05, 0) is 26.7 Å². The van der Waals surface area contributed by atoms with Crippen LogP contribution in [-0.4, -0.2) is 22.5 Å². The van der Waals surface area contributed by atoms with Crippen molar-refractivity contribution in [2.75, 3.05) is 0 Å². The van der Waals surface area contributed by atoms with E-state index in [9.17, 15) is 9.59 Å². The first-order valence-corrected chi connectivity index (χ1v) is 5.34. The molecule has 0 saturated heterocycles. The van der Waals surface area contributed by atoms with Gasteiger partial charge in [-0.1, -0.05) is 13.8 Å². The number of hydrogen-bond donors (Lipinski definition) is 2. The molecule has 0 aromatic heterocycles. The second-order valence-electron chi connectivity index (χ2n) is 3.81. The van der Waals surface area contributed by atoms with E-state index in [0.29, 0.717) is 12.8 Å². The van der Waals surface area contributed by atoms with Gasteiger partial charge >= 0.3 is 5.97 Å². The lowest BCUT2D eigenvalue weighted by Gasteiger charge is -2.25. The Bertz CT molecular complexity index is 200. The highest BCUT2D eigenvalue weighted by atomic mass is 16.4. The zero-order valence-electron chi connectivity index (χ0n) is 10.4. The van der Waals surface area contributed by atoms with E-state index in [1.165, 1.54) is 6.92 Å². The molecular weight excluding hydrogens is 194 g/mol. The van der Waals surface area contributed by atoms with Gasteiger partial charge in [-0.2, -0.15) is 0 Å². The lowest BCUT2D eigenvalue weighted by molar-refractivity contribution is -0.137. The molecule has 4 heteroatoms. The van der Waals surface area contributed by atoms with E-state index in [0.717, 1.165) is 0 Å². The summed E-state index contributed by atoms with van der Waals surface area (Å²) in [6.07, 6.45) is 1.42. The third-order valence-corrected chi connectivity index (χ3v) is 1.71. The third kappa shape index (κ3) is 12.9. The zero-order valence-corrected chi connectivity index (χ0v) is 10.4. The molecule has 0 aromatic rings. The fraction of sp³-hybridized carbons (Fsp3) is 0.818. The first kappa shape index (κ1) is 16.4. The number of carbonyl (C=O) groups is 2. The highest BCUT2D eigenvalue weighted by molar-refractivity contribution is 5.73. The SMILES string of the molecule is CC.CC(=O)NC(C)(C)CCCC(=O)O. The number of carboxylic acids is 1. The van der Waals surface area contributed by atoms with Crippen LogP contribution in [0, 0.1) is 0 Å². The van der Waals surface area contributed by atoms with Crippen LogP contribution >= 0.6 is 0 Å². The van der Waals surface area contributed by atoms with Crippen LogP contribution in [0.1, 0.15) is 53.9 Å². The molecule has 0 aromatic carbocycles. The lowest BCUT2D eigenvalue weighted by atomic mass is 9.97. The number of carbonyl (C=O) groups excluding carboxylic acids is 1. The molecule has 0 aliphatic rings. The summed E-state index contributed by atoms with van der Waals surface area (Å²) in [4.78, 5) is 20.9. The fourth-order valence-corrected chi connectivity index (χ4v) is 1.22. The van der Waals surface area contributed by atoms with Crippen LogP contribution in [0.15, 0.2) is 0 Å². The van der Waals surface area contributed by atoms with E-state index in [4.69, 9.17) is 5.11 Å². The molecule has 1 amide bonds. The molecule has 0 aliphatic heterocycles. The Balaban J connectivity index is 0. The van der Waals surface area contributed by atoms with Gasteiger partial charge in [0.1, 0.15) is 0 Å².